The van der Waals surface area contributed by atoms with Gasteiger partial charge in [0.25, 0.3) is 5.69 Å². The summed E-state index contributed by atoms with van der Waals surface area (Å²) >= 11 is 0. The number of imidazole rings is 1. The molecular weight excluding hydrogens is 256 g/mol. The monoisotopic (exact) mass is 269 g/mol. The Hall–Kier alpha value is -2.76. The molecule has 1 N–H and O–H groups in total. The molecule has 1 aromatic carbocycles. The molecular formula is C14H13N4O2+. The summed E-state index contributed by atoms with van der Waals surface area (Å²) in [5, 5.41) is 11.0. The fraction of sp³-hybridized carbons (Fsp3) is 0.143. The average Bonchev–Trinajstić information content (AvgIpc) is 2.88. The summed E-state index contributed by atoms with van der Waals surface area (Å²) < 4.78 is 2.04. The maximum absolute atomic E-state index is 11.0. The lowest BCUT2D eigenvalue weighted by Crippen LogP contribution is -2.33. The summed E-state index contributed by atoms with van der Waals surface area (Å²) in [5.74, 6) is 0.755. The highest BCUT2D eigenvalue weighted by Gasteiger charge is 2.15. The van der Waals surface area contributed by atoms with E-state index in [0.29, 0.717) is 17.5 Å². The molecule has 6 nitrogen and oxygen atoms in total. The number of nitrogens with zero attached hydrogens (tertiary/aromatic N) is 3. The smallest absolute Gasteiger partial charge is 0.297 e. The van der Waals surface area contributed by atoms with Gasteiger partial charge in [-0.15, -0.1) is 0 Å². The Morgan fingerprint density at radius 1 is 1.20 bits per heavy atom. The van der Waals surface area contributed by atoms with E-state index in [-0.39, 0.29) is 5.69 Å². The highest BCUT2D eigenvalue weighted by molar-refractivity contribution is 5.84. The van der Waals surface area contributed by atoms with E-state index in [1.54, 1.807) is 12.1 Å². The number of aryl methyl sites for hydroxylation is 2. The van der Waals surface area contributed by atoms with Crippen LogP contribution >= 0.6 is 0 Å². The Morgan fingerprint density at radius 2 is 2.00 bits per heavy atom. The standard InChI is InChI=1S/C14H13N4O2/c19-18(20)12-6-4-5-11-14(12)16-13(15-11)7-10-17-8-2-1-3-9-17/h1-6,8-9H,7,10H2,(H,15,16)/q+1. The van der Waals surface area contributed by atoms with E-state index < -0.39 is 4.92 Å². The number of aromatic amines is 1. The summed E-state index contributed by atoms with van der Waals surface area (Å²) in [5.41, 5.74) is 1.16. The van der Waals surface area contributed by atoms with E-state index in [4.69, 9.17) is 0 Å². The van der Waals surface area contributed by atoms with E-state index in [1.807, 2.05) is 35.2 Å². The number of H-pyrrole nitrogens is 1. The first kappa shape index (κ1) is 12.3. The zero-order chi connectivity index (χ0) is 13.9. The van der Waals surface area contributed by atoms with Crippen LogP contribution in [0.2, 0.25) is 0 Å². The summed E-state index contributed by atoms with van der Waals surface area (Å²) in [4.78, 5) is 18.0. The topological polar surface area (TPSA) is 75.7 Å². The van der Waals surface area contributed by atoms with Gasteiger partial charge in [0.15, 0.2) is 24.5 Å². The van der Waals surface area contributed by atoms with Crippen LogP contribution in [0.15, 0.2) is 48.8 Å². The lowest BCUT2D eigenvalue weighted by molar-refractivity contribution is -0.696. The van der Waals surface area contributed by atoms with Gasteiger partial charge < -0.3 is 4.98 Å². The maximum atomic E-state index is 11.0. The van der Waals surface area contributed by atoms with E-state index in [9.17, 15) is 10.1 Å². The van der Waals surface area contributed by atoms with Crippen LogP contribution < -0.4 is 4.57 Å². The van der Waals surface area contributed by atoms with Crippen molar-refractivity contribution in [3.05, 3.63) is 64.7 Å². The molecule has 0 atom stereocenters. The number of nitrogens with one attached hydrogen (secondary N) is 1. The van der Waals surface area contributed by atoms with Crippen LogP contribution in [-0.4, -0.2) is 14.9 Å². The second kappa shape index (κ2) is 5.08. The Bertz CT molecular complexity index is 752. The summed E-state index contributed by atoms with van der Waals surface area (Å²) in [7, 11) is 0. The van der Waals surface area contributed by atoms with Crippen molar-refractivity contribution in [2.75, 3.05) is 0 Å². The number of nitro groups is 1. The van der Waals surface area contributed by atoms with E-state index in [2.05, 4.69) is 9.97 Å². The third kappa shape index (κ3) is 2.35. The molecule has 2 aromatic heterocycles. The number of nitro benzene ring substituents is 1. The number of pyridine rings is 1. The van der Waals surface area contributed by atoms with Crippen molar-refractivity contribution in [2.24, 2.45) is 0 Å². The minimum Gasteiger partial charge on any atom is -0.342 e. The SMILES string of the molecule is O=[N+]([O-])c1cccc2[nH]c(CC[n+]3ccccc3)nc12. The molecule has 0 bridgehead atoms. The lowest BCUT2D eigenvalue weighted by Gasteiger charge is -1.93. The molecule has 6 heteroatoms. The van der Waals surface area contributed by atoms with Gasteiger partial charge in [-0.05, 0) is 6.07 Å². The minimum atomic E-state index is -0.404. The van der Waals surface area contributed by atoms with Crippen LogP contribution in [0.5, 0.6) is 0 Å². The number of fused-ring (bicyclic) bond motifs is 1. The van der Waals surface area contributed by atoms with Crippen LogP contribution in [0, 0.1) is 10.1 Å². The van der Waals surface area contributed by atoms with Crippen LogP contribution in [-0.2, 0) is 13.0 Å². The van der Waals surface area contributed by atoms with Gasteiger partial charge >= 0.3 is 0 Å². The number of benzene rings is 1. The zero-order valence-corrected chi connectivity index (χ0v) is 10.7. The molecule has 3 rings (SSSR count). The van der Waals surface area contributed by atoms with Gasteiger partial charge in [0.1, 0.15) is 5.82 Å². The molecule has 0 unspecified atom stereocenters. The Morgan fingerprint density at radius 3 is 2.75 bits per heavy atom. The molecule has 0 aliphatic carbocycles. The van der Waals surface area contributed by atoms with Crippen LogP contribution in [0.25, 0.3) is 11.0 Å². The number of hydrogen-bond donors (Lipinski definition) is 1. The Kier molecular flexibility index (Phi) is 3.12. The predicted molar refractivity (Wildman–Crippen MR) is 73.1 cm³/mol. The molecule has 0 amide bonds. The van der Waals surface area contributed by atoms with Crippen LogP contribution in [0.4, 0.5) is 5.69 Å². The quantitative estimate of drug-likeness (QED) is 0.447. The van der Waals surface area contributed by atoms with Gasteiger partial charge in [-0.1, -0.05) is 12.1 Å². The van der Waals surface area contributed by atoms with Crippen molar-refractivity contribution < 1.29 is 9.49 Å². The summed E-state index contributed by atoms with van der Waals surface area (Å²) in [6.07, 6.45) is 4.65. The third-order valence-electron chi connectivity index (χ3n) is 3.12. The normalized spacial score (nSPS) is 10.8. The van der Waals surface area contributed by atoms with Crippen molar-refractivity contribution in [3.63, 3.8) is 0 Å². The molecule has 0 aliphatic rings. The lowest BCUT2D eigenvalue weighted by atomic mass is 10.3. The highest BCUT2D eigenvalue weighted by Crippen LogP contribution is 2.23. The molecule has 0 saturated heterocycles. The molecule has 2 heterocycles. The summed E-state index contributed by atoms with van der Waals surface area (Å²) in [6, 6.07) is 10.8. The fourth-order valence-electron chi connectivity index (χ4n) is 2.15. The van der Waals surface area contributed by atoms with Gasteiger partial charge in [-0.2, -0.15) is 0 Å². The summed E-state index contributed by atoms with van der Waals surface area (Å²) in [6.45, 7) is 0.772. The number of non-ortho nitro benzene ring substituents is 1. The fourth-order valence-corrected chi connectivity index (χ4v) is 2.15. The molecule has 0 radical (unpaired) electrons. The molecule has 3 aromatic rings. The van der Waals surface area contributed by atoms with Gasteiger partial charge in [0.2, 0.25) is 0 Å². The van der Waals surface area contributed by atoms with E-state index in [1.165, 1.54) is 6.07 Å². The van der Waals surface area contributed by atoms with Crippen molar-refractivity contribution in [1.82, 2.24) is 9.97 Å². The van der Waals surface area contributed by atoms with Crippen LogP contribution in [0.1, 0.15) is 5.82 Å². The van der Waals surface area contributed by atoms with Gasteiger partial charge in [0.05, 0.1) is 16.9 Å². The number of rotatable bonds is 4. The second-order valence-corrected chi connectivity index (χ2v) is 4.48. The Labute approximate surface area is 114 Å². The molecule has 0 fully saturated rings. The van der Waals surface area contributed by atoms with E-state index >= 15 is 0 Å². The first-order valence-corrected chi connectivity index (χ1v) is 6.30. The van der Waals surface area contributed by atoms with Crippen molar-refractivity contribution >= 4 is 16.7 Å². The first-order chi connectivity index (χ1) is 9.74. The number of hydrogen-bond acceptors (Lipinski definition) is 3. The van der Waals surface area contributed by atoms with Gasteiger partial charge in [-0.25, -0.2) is 9.55 Å². The third-order valence-corrected chi connectivity index (χ3v) is 3.12. The molecule has 0 aliphatic heterocycles. The number of para-hydroxylation sites is 1. The van der Waals surface area contributed by atoms with Crippen molar-refractivity contribution in [1.29, 1.82) is 0 Å². The van der Waals surface area contributed by atoms with Gasteiger partial charge in [-0.3, -0.25) is 10.1 Å². The first-order valence-electron chi connectivity index (χ1n) is 6.30. The minimum absolute atomic E-state index is 0.0392. The number of aromatic nitrogens is 3. The van der Waals surface area contributed by atoms with E-state index in [0.717, 1.165) is 12.4 Å². The largest absolute Gasteiger partial charge is 0.342 e. The molecule has 0 spiro atoms. The molecule has 0 saturated carbocycles. The highest BCUT2D eigenvalue weighted by atomic mass is 16.6. The van der Waals surface area contributed by atoms with Crippen LogP contribution in [0.3, 0.4) is 0 Å². The second-order valence-electron chi connectivity index (χ2n) is 4.48. The molecule has 100 valence electrons. The molecule has 20 heavy (non-hydrogen) atoms. The average molecular weight is 269 g/mol. The van der Waals surface area contributed by atoms with Crippen molar-refractivity contribution in [2.45, 2.75) is 13.0 Å². The zero-order valence-electron chi connectivity index (χ0n) is 10.7. The predicted octanol–water partition coefficient (Wildman–Crippen LogP) is 2.00. The van der Waals surface area contributed by atoms with Crippen molar-refractivity contribution in [3.8, 4) is 0 Å². The van der Waals surface area contributed by atoms with Gasteiger partial charge in [0, 0.05) is 18.2 Å². The maximum Gasteiger partial charge on any atom is 0.297 e. The Balaban J connectivity index is 1.86.